The van der Waals surface area contributed by atoms with Crippen LogP contribution < -0.4 is 0 Å². The van der Waals surface area contributed by atoms with Crippen LogP contribution in [0.1, 0.15) is 18.1 Å². The number of aryl methyl sites for hydroxylation is 1. The summed E-state index contributed by atoms with van der Waals surface area (Å²) in [4.78, 5) is 0. The lowest BCUT2D eigenvalue weighted by atomic mass is 9.82. The summed E-state index contributed by atoms with van der Waals surface area (Å²) in [5.41, 5.74) is -9.14. The van der Waals surface area contributed by atoms with Crippen LogP contribution in [0.2, 0.25) is 0 Å². The van der Waals surface area contributed by atoms with E-state index in [9.17, 15) is 39.5 Å². The minimum absolute atomic E-state index is 0.102. The van der Waals surface area contributed by atoms with E-state index in [0.717, 1.165) is 18.4 Å². The molecule has 0 aliphatic carbocycles. The first kappa shape index (κ1) is 21.6. The molecule has 149 valence electrons. The van der Waals surface area contributed by atoms with Gasteiger partial charge in [-0.2, -0.15) is 35.1 Å². The molecule has 0 saturated heterocycles. The topological polar surface area (TPSA) is 13.1 Å². The van der Waals surface area contributed by atoms with E-state index in [0.29, 0.717) is 0 Å². The normalized spacial score (nSPS) is 15.7. The van der Waals surface area contributed by atoms with E-state index in [1.165, 1.54) is 6.92 Å². The largest absolute Gasteiger partial charge is 0.464 e. The van der Waals surface area contributed by atoms with Crippen LogP contribution in [0.5, 0.6) is 0 Å². The highest BCUT2D eigenvalue weighted by Crippen LogP contribution is 2.60. The summed E-state index contributed by atoms with van der Waals surface area (Å²) < 4.78 is 126. The number of hydrogen-bond acceptors (Lipinski definition) is 1. The molecule has 1 aromatic carbocycles. The van der Waals surface area contributed by atoms with Gasteiger partial charge >= 0.3 is 23.9 Å². The van der Waals surface area contributed by atoms with Crippen LogP contribution >= 0.6 is 15.9 Å². The fourth-order valence-electron chi connectivity index (χ4n) is 2.42. The maximum atomic E-state index is 15.0. The summed E-state index contributed by atoms with van der Waals surface area (Å²) in [5.74, 6) is -7.31. The van der Waals surface area contributed by atoms with Crippen LogP contribution in [0.15, 0.2) is 33.4 Å². The fourth-order valence-corrected chi connectivity index (χ4v) is 3.09. The molecule has 1 nitrogen and oxygen atoms in total. The molecule has 1 heterocycles. The van der Waals surface area contributed by atoms with Gasteiger partial charge in [0.2, 0.25) is 0 Å². The summed E-state index contributed by atoms with van der Waals surface area (Å²) >= 11 is 2.76. The molecule has 1 atom stereocenters. The van der Waals surface area contributed by atoms with Gasteiger partial charge in [0.25, 0.3) is 0 Å². The lowest BCUT2D eigenvalue weighted by Gasteiger charge is -2.37. The van der Waals surface area contributed by atoms with Crippen molar-refractivity contribution in [3.05, 3.63) is 46.1 Å². The Bertz CT molecular complexity index is 809. The third-order valence-electron chi connectivity index (χ3n) is 3.78. The molecule has 0 N–H and O–H groups in total. The minimum atomic E-state index is -6.81. The van der Waals surface area contributed by atoms with Crippen molar-refractivity contribution in [2.45, 2.75) is 37.3 Å². The average Bonchev–Trinajstić information content (AvgIpc) is 3.04. The van der Waals surface area contributed by atoms with Gasteiger partial charge in [-0.25, -0.2) is 4.39 Å². The molecule has 1 radical (unpaired) electrons. The molecular weight excluding hydrogens is 459 g/mol. The van der Waals surface area contributed by atoms with Crippen LogP contribution in [-0.4, -0.2) is 18.3 Å². The molecule has 27 heavy (non-hydrogen) atoms. The van der Waals surface area contributed by atoms with Gasteiger partial charge in [-0.3, -0.25) is 0 Å². The van der Waals surface area contributed by atoms with Crippen molar-refractivity contribution in [2.75, 3.05) is 0 Å². The standard InChI is InChI=1S/C16H9BrF9O/c1-2-8-6-9(12(10(17)7-8)11-4-3-5-27-11)13(18,15(21,22)23)14(19,20)16(24,25)26/h3-6H,2H2,1H3. The second-order valence-corrected chi connectivity index (χ2v) is 6.25. The average molecular weight is 468 g/mol. The Morgan fingerprint density at radius 2 is 1.59 bits per heavy atom. The lowest BCUT2D eigenvalue weighted by Crippen LogP contribution is -2.60. The van der Waals surface area contributed by atoms with E-state index in [1.807, 2.05) is 0 Å². The van der Waals surface area contributed by atoms with Crippen LogP contribution in [0.3, 0.4) is 0 Å². The van der Waals surface area contributed by atoms with Crippen molar-refractivity contribution in [3.8, 4) is 11.3 Å². The maximum Gasteiger partial charge on any atom is 0.457 e. The van der Waals surface area contributed by atoms with Gasteiger partial charge in [-0.1, -0.05) is 13.0 Å². The summed E-state index contributed by atoms with van der Waals surface area (Å²) in [6.07, 6.45) is -12.6. The van der Waals surface area contributed by atoms with E-state index >= 15 is 0 Å². The molecule has 0 spiro atoms. The van der Waals surface area contributed by atoms with Crippen molar-refractivity contribution in [2.24, 2.45) is 0 Å². The van der Waals surface area contributed by atoms with Gasteiger partial charge in [-0.05, 0) is 40.0 Å². The van der Waals surface area contributed by atoms with Gasteiger partial charge in [0.1, 0.15) is 5.76 Å². The summed E-state index contributed by atoms with van der Waals surface area (Å²) in [6.45, 7) is 1.38. The quantitative estimate of drug-likeness (QED) is 0.441. The van der Waals surface area contributed by atoms with Gasteiger partial charge in [0, 0.05) is 21.7 Å². The molecule has 1 aromatic heterocycles. The van der Waals surface area contributed by atoms with E-state index < -0.39 is 45.3 Å². The summed E-state index contributed by atoms with van der Waals surface area (Å²) in [6, 6.07) is 4.89. The molecule has 2 rings (SSSR count). The number of rotatable bonds is 4. The van der Waals surface area contributed by atoms with Crippen LogP contribution in [-0.2, 0) is 12.1 Å². The third kappa shape index (κ3) is 3.34. The molecule has 0 amide bonds. The van der Waals surface area contributed by atoms with Crippen molar-refractivity contribution in [1.82, 2.24) is 0 Å². The smallest absolute Gasteiger partial charge is 0.457 e. The highest BCUT2D eigenvalue weighted by molar-refractivity contribution is 9.10. The molecule has 1 unspecified atom stereocenters. The zero-order chi connectivity index (χ0) is 20.8. The first-order valence-corrected chi connectivity index (χ1v) is 7.97. The third-order valence-corrected chi connectivity index (χ3v) is 4.37. The van der Waals surface area contributed by atoms with E-state index in [1.54, 1.807) is 0 Å². The van der Waals surface area contributed by atoms with Crippen molar-refractivity contribution in [3.63, 3.8) is 0 Å². The molecule has 0 saturated carbocycles. The number of alkyl halides is 9. The minimum Gasteiger partial charge on any atom is -0.464 e. The maximum absolute atomic E-state index is 15.0. The van der Waals surface area contributed by atoms with Crippen LogP contribution in [0, 0.1) is 6.07 Å². The molecule has 0 aliphatic heterocycles. The monoisotopic (exact) mass is 467 g/mol. The van der Waals surface area contributed by atoms with Crippen molar-refractivity contribution >= 4 is 15.9 Å². The molecular formula is C16H9BrF9O. The van der Waals surface area contributed by atoms with Crippen molar-refractivity contribution < 1.29 is 43.9 Å². The zero-order valence-electron chi connectivity index (χ0n) is 13.2. The summed E-state index contributed by atoms with van der Waals surface area (Å²) in [7, 11) is 0. The Kier molecular flexibility index (Phi) is 5.41. The Balaban J connectivity index is 2.99. The lowest BCUT2D eigenvalue weighted by molar-refractivity contribution is -0.389. The van der Waals surface area contributed by atoms with Crippen molar-refractivity contribution in [1.29, 1.82) is 0 Å². The number of furan rings is 1. The molecule has 11 heteroatoms. The van der Waals surface area contributed by atoms with Gasteiger partial charge < -0.3 is 4.42 Å². The SMILES string of the molecule is CCc1[c]c(Br)c(-c2ccco2)c(C(F)(C(F)(F)F)C(F)(F)C(F)(F)F)c1. The predicted molar refractivity (Wildman–Crippen MR) is 79.9 cm³/mol. The predicted octanol–water partition coefficient (Wildman–Crippen LogP) is 7.00. The van der Waals surface area contributed by atoms with Gasteiger partial charge in [0.05, 0.1) is 6.26 Å². The number of hydrogen-bond donors (Lipinski definition) is 0. The Morgan fingerprint density at radius 1 is 1.00 bits per heavy atom. The molecule has 0 fully saturated rings. The van der Waals surface area contributed by atoms with Gasteiger partial charge in [0.15, 0.2) is 0 Å². The second-order valence-electron chi connectivity index (χ2n) is 5.46. The van der Waals surface area contributed by atoms with E-state index in [-0.39, 0.29) is 18.1 Å². The molecule has 0 bridgehead atoms. The van der Waals surface area contributed by atoms with E-state index in [4.69, 9.17) is 4.42 Å². The zero-order valence-corrected chi connectivity index (χ0v) is 14.8. The second kappa shape index (κ2) is 6.75. The number of benzene rings is 1. The Labute approximate surface area is 155 Å². The summed E-state index contributed by atoms with van der Waals surface area (Å²) in [5, 5.41) is 0. The highest BCUT2D eigenvalue weighted by Gasteiger charge is 2.82. The first-order chi connectivity index (χ1) is 12.2. The first-order valence-electron chi connectivity index (χ1n) is 7.17. The van der Waals surface area contributed by atoms with Crippen LogP contribution in [0.4, 0.5) is 39.5 Å². The highest BCUT2D eigenvalue weighted by atomic mass is 79.9. The van der Waals surface area contributed by atoms with Crippen LogP contribution in [0.25, 0.3) is 11.3 Å². The Hall–Kier alpha value is -1.65. The fraction of sp³-hybridized carbons (Fsp3) is 0.375. The van der Waals surface area contributed by atoms with Gasteiger partial charge in [-0.15, -0.1) is 0 Å². The number of halogens is 10. The van der Waals surface area contributed by atoms with E-state index in [2.05, 4.69) is 22.0 Å². The Morgan fingerprint density at radius 3 is 2.00 bits per heavy atom. The molecule has 2 aromatic rings. The molecule has 0 aliphatic rings.